The Labute approximate surface area is 174 Å². The molecular weight excluding hydrogens is 382 g/mol. The Hall–Kier alpha value is -3.26. The summed E-state index contributed by atoms with van der Waals surface area (Å²) >= 11 is 0. The molecule has 3 aromatic rings. The smallest absolute Gasteiger partial charge is 0.255 e. The van der Waals surface area contributed by atoms with Crippen LogP contribution < -0.4 is 15.2 Å². The number of aliphatic hydroxyl groups excluding tert-OH is 1. The minimum Gasteiger partial charge on any atom is -0.496 e. The van der Waals surface area contributed by atoms with E-state index in [0.717, 1.165) is 0 Å². The van der Waals surface area contributed by atoms with Gasteiger partial charge in [0.2, 0.25) is 5.95 Å². The van der Waals surface area contributed by atoms with E-state index in [1.807, 2.05) is 29.2 Å². The third-order valence-corrected chi connectivity index (χ3v) is 5.21. The Kier molecular flexibility index (Phi) is 5.26. The highest BCUT2D eigenvalue weighted by Gasteiger charge is 2.33. The molecule has 1 aliphatic heterocycles. The van der Waals surface area contributed by atoms with Gasteiger partial charge in [0.25, 0.3) is 5.56 Å². The normalized spacial score (nSPS) is 16.1. The number of methoxy groups -OCH3 is 1. The molecule has 0 bridgehead atoms. The van der Waals surface area contributed by atoms with Crippen molar-refractivity contribution >= 4 is 5.95 Å². The largest absolute Gasteiger partial charge is 0.496 e. The highest BCUT2D eigenvalue weighted by Crippen LogP contribution is 2.33. The van der Waals surface area contributed by atoms with Crippen molar-refractivity contribution < 1.29 is 9.84 Å². The van der Waals surface area contributed by atoms with Crippen molar-refractivity contribution in [2.24, 2.45) is 5.41 Å². The maximum absolute atomic E-state index is 12.9. The van der Waals surface area contributed by atoms with Gasteiger partial charge in [-0.05, 0) is 12.1 Å². The molecule has 0 spiro atoms. The zero-order valence-electron chi connectivity index (χ0n) is 17.3. The molecule has 0 radical (unpaired) electrons. The number of fused-ring (bicyclic) bond motifs is 1. The van der Waals surface area contributed by atoms with Gasteiger partial charge in [0, 0.05) is 36.3 Å². The fraction of sp³-hybridized carbons (Fsp3) is 0.364. The third-order valence-electron chi connectivity index (χ3n) is 5.21. The first kappa shape index (κ1) is 20.0. The van der Waals surface area contributed by atoms with Crippen molar-refractivity contribution in [2.45, 2.75) is 26.5 Å². The first-order chi connectivity index (χ1) is 14.4. The number of hydrogen-bond donors (Lipinski definition) is 1. The summed E-state index contributed by atoms with van der Waals surface area (Å²) in [6.07, 6.45) is 2.25. The summed E-state index contributed by atoms with van der Waals surface area (Å²) < 4.78 is 7.07. The fourth-order valence-corrected chi connectivity index (χ4v) is 3.92. The van der Waals surface area contributed by atoms with Gasteiger partial charge in [0.1, 0.15) is 18.2 Å². The summed E-state index contributed by atoms with van der Waals surface area (Å²) in [7, 11) is 1.58. The van der Waals surface area contributed by atoms with Crippen LogP contribution in [0.4, 0.5) is 5.95 Å². The summed E-state index contributed by atoms with van der Waals surface area (Å²) in [4.78, 5) is 27.8. The lowest BCUT2D eigenvalue weighted by molar-refractivity contribution is 0.167. The van der Waals surface area contributed by atoms with Crippen molar-refractivity contribution in [3.05, 3.63) is 64.8 Å². The molecule has 8 nitrogen and oxygen atoms in total. The van der Waals surface area contributed by atoms with E-state index in [1.54, 1.807) is 23.9 Å². The van der Waals surface area contributed by atoms with Gasteiger partial charge in [-0.15, -0.1) is 0 Å². The van der Waals surface area contributed by atoms with Gasteiger partial charge >= 0.3 is 0 Å². The minimum absolute atomic E-state index is 0.141. The van der Waals surface area contributed by atoms with Gasteiger partial charge in [0.05, 0.1) is 25.0 Å². The molecule has 0 saturated heterocycles. The van der Waals surface area contributed by atoms with Crippen LogP contribution in [0.1, 0.15) is 25.5 Å². The van der Waals surface area contributed by atoms with Gasteiger partial charge < -0.3 is 14.7 Å². The molecular formula is C22H25N5O3. The zero-order valence-corrected chi connectivity index (χ0v) is 17.3. The lowest BCUT2D eigenvalue weighted by Gasteiger charge is -2.41. The average molecular weight is 407 g/mol. The molecule has 0 aliphatic carbocycles. The number of ether oxygens (including phenoxy) is 1. The maximum Gasteiger partial charge on any atom is 0.255 e. The van der Waals surface area contributed by atoms with E-state index in [-0.39, 0.29) is 17.5 Å². The van der Waals surface area contributed by atoms with Gasteiger partial charge in [0.15, 0.2) is 0 Å². The lowest BCUT2D eigenvalue weighted by atomic mass is 9.90. The Balaban J connectivity index is 1.74. The second-order valence-corrected chi connectivity index (χ2v) is 8.26. The van der Waals surface area contributed by atoms with Crippen molar-refractivity contribution in [1.82, 2.24) is 19.5 Å². The SMILES string of the molecule is COc1ccccc1C(O)CN1CC(C)(C)Cn2c1nc(-c1ccncn1)cc2=O. The average Bonchev–Trinajstić information content (AvgIpc) is 2.74. The monoisotopic (exact) mass is 407 g/mol. The quantitative estimate of drug-likeness (QED) is 0.693. The number of β-amino-alcohol motifs (C(OH)–C–C–N with tert-alkyl or cyclic N) is 1. The van der Waals surface area contributed by atoms with Crippen molar-refractivity contribution in [2.75, 3.05) is 25.1 Å². The van der Waals surface area contributed by atoms with Crippen LogP contribution in [-0.4, -0.2) is 44.8 Å². The highest BCUT2D eigenvalue weighted by atomic mass is 16.5. The molecule has 0 saturated carbocycles. The maximum atomic E-state index is 12.9. The molecule has 1 atom stereocenters. The number of nitrogens with zero attached hydrogens (tertiary/aromatic N) is 5. The van der Waals surface area contributed by atoms with Crippen molar-refractivity contribution in [3.63, 3.8) is 0 Å². The Morgan fingerprint density at radius 1 is 1.20 bits per heavy atom. The molecule has 0 amide bonds. The van der Waals surface area contributed by atoms with Gasteiger partial charge in [-0.3, -0.25) is 9.36 Å². The zero-order chi connectivity index (χ0) is 21.3. The number of anilines is 1. The standard InChI is InChI=1S/C22H25N5O3/c1-22(2)12-26(11-18(28)15-6-4-5-7-19(15)30-3)21-25-17(10-20(29)27(21)13-22)16-8-9-23-14-24-16/h4-10,14,18,28H,11-13H2,1-3H3. The summed E-state index contributed by atoms with van der Waals surface area (Å²) in [5.74, 6) is 1.16. The number of para-hydroxylation sites is 1. The van der Waals surface area contributed by atoms with E-state index < -0.39 is 6.10 Å². The first-order valence-electron chi connectivity index (χ1n) is 9.82. The highest BCUT2D eigenvalue weighted by molar-refractivity contribution is 5.55. The molecule has 30 heavy (non-hydrogen) atoms. The van der Waals surface area contributed by atoms with Crippen LogP contribution in [0.3, 0.4) is 0 Å². The van der Waals surface area contributed by atoms with Crippen molar-refractivity contribution in [3.8, 4) is 17.1 Å². The van der Waals surface area contributed by atoms with Crippen LogP contribution in [0.25, 0.3) is 11.4 Å². The second-order valence-electron chi connectivity index (χ2n) is 8.26. The molecule has 1 unspecified atom stereocenters. The molecule has 4 rings (SSSR count). The predicted octanol–water partition coefficient (Wildman–Crippen LogP) is 2.29. The van der Waals surface area contributed by atoms with Crippen LogP contribution in [0, 0.1) is 5.41 Å². The molecule has 1 aromatic carbocycles. The third kappa shape index (κ3) is 3.91. The number of aliphatic hydroxyl groups is 1. The topological polar surface area (TPSA) is 93.4 Å². The van der Waals surface area contributed by atoms with E-state index >= 15 is 0 Å². The second kappa shape index (κ2) is 7.87. The molecule has 1 N–H and O–H groups in total. The molecule has 1 aliphatic rings. The van der Waals surface area contributed by atoms with Crippen LogP contribution in [0.5, 0.6) is 5.75 Å². The van der Waals surface area contributed by atoms with E-state index in [9.17, 15) is 9.90 Å². The number of rotatable bonds is 5. The van der Waals surface area contributed by atoms with E-state index in [1.165, 1.54) is 12.4 Å². The van der Waals surface area contributed by atoms with E-state index in [4.69, 9.17) is 9.72 Å². The van der Waals surface area contributed by atoms with Gasteiger partial charge in [-0.1, -0.05) is 32.0 Å². The fourth-order valence-electron chi connectivity index (χ4n) is 3.92. The molecule has 156 valence electrons. The Morgan fingerprint density at radius 2 is 2.00 bits per heavy atom. The predicted molar refractivity (Wildman–Crippen MR) is 113 cm³/mol. The molecule has 2 aromatic heterocycles. The van der Waals surface area contributed by atoms with E-state index in [2.05, 4.69) is 23.8 Å². The lowest BCUT2D eigenvalue weighted by Crippen LogP contribution is -2.48. The number of aromatic nitrogens is 4. The number of benzene rings is 1. The molecule has 0 fully saturated rings. The summed E-state index contributed by atoms with van der Waals surface area (Å²) in [6.45, 7) is 5.69. The Bertz CT molecular complexity index is 1100. The molecule has 3 heterocycles. The van der Waals surface area contributed by atoms with Crippen LogP contribution in [0.2, 0.25) is 0 Å². The van der Waals surface area contributed by atoms with Gasteiger partial charge in [-0.25, -0.2) is 15.0 Å². The van der Waals surface area contributed by atoms with Crippen LogP contribution in [0.15, 0.2) is 53.7 Å². The molecule has 8 heteroatoms. The minimum atomic E-state index is -0.803. The van der Waals surface area contributed by atoms with Gasteiger partial charge in [-0.2, -0.15) is 0 Å². The van der Waals surface area contributed by atoms with Crippen LogP contribution >= 0.6 is 0 Å². The van der Waals surface area contributed by atoms with Crippen LogP contribution in [-0.2, 0) is 6.54 Å². The van der Waals surface area contributed by atoms with Crippen molar-refractivity contribution in [1.29, 1.82) is 0 Å². The summed E-state index contributed by atoms with van der Waals surface area (Å²) in [5.41, 5.74) is 1.48. The summed E-state index contributed by atoms with van der Waals surface area (Å²) in [6, 6.07) is 10.6. The number of hydrogen-bond acceptors (Lipinski definition) is 7. The van der Waals surface area contributed by atoms with E-state index in [0.29, 0.717) is 41.7 Å². The Morgan fingerprint density at radius 3 is 2.73 bits per heavy atom. The first-order valence-corrected chi connectivity index (χ1v) is 9.82. The summed E-state index contributed by atoms with van der Waals surface area (Å²) in [5, 5.41) is 11.0.